The molecule has 1 aromatic rings. The molecule has 0 saturated carbocycles. The second-order valence-corrected chi connectivity index (χ2v) is 8.13. The van der Waals surface area contributed by atoms with Crippen molar-refractivity contribution in [2.75, 3.05) is 25.0 Å². The van der Waals surface area contributed by atoms with Gasteiger partial charge < -0.3 is 11.1 Å². The third kappa shape index (κ3) is 5.10. The van der Waals surface area contributed by atoms with E-state index in [9.17, 15) is 21.6 Å². The van der Waals surface area contributed by atoms with Gasteiger partial charge in [0.25, 0.3) is 0 Å². The zero-order chi connectivity index (χ0) is 19.4. The number of guanidine groups is 1. The number of piperidine rings is 1. The van der Waals surface area contributed by atoms with E-state index in [1.54, 1.807) is 0 Å². The number of sulfonamides is 1. The van der Waals surface area contributed by atoms with Gasteiger partial charge in [0, 0.05) is 25.3 Å². The van der Waals surface area contributed by atoms with Crippen molar-refractivity contribution >= 4 is 21.7 Å². The van der Waals surface area contributed by atoms with Crippen LogP contribution in [0.5, 0.6) is 0 Å². The number of hydrogen-bond donors (Lipinski definition) is 2. The van der Waals surface area contributed by atoms with Crippen molar-refractivity contribution in [2.45, 2.75) is 31.7 Å². The molecule has 1 aromatic carbocycles. The highest BCUT2D eigenvalue weighted by atomic mass is 32.2. The Morgan fingerprint density at radius 3 is 2.58 bits per heavy atom. The van der Waals surface area contributed by atoms with Crippen LogP contribution in [-0.2, 0) is 16.4 Å². The standard InChI is InChI=1S/C16H23F3N4O2S/c1-2-12-4-3-5-14(10-12)22-15(20)21-11-13-6-8-23(9-7-13)26(24,25)16(17,18)19/h3-5,10,13H,2,6-9,11H2,1H3,(H3,20,21,22). The van der Waals surface area contributed by atoms with Crippen LogP contribution in [0.2, 0.25) is 0 Å². The topological polar surface area (TPSA) is 87.8 Å². The summed E-state index contributed by atoms with van der Waals surface area (Å²) in [5.74, 6) is 0.223. The SMILES string of the molecule is CCc1cccc(NC(N)=NCC2CCN(S(=O)(=O)C(F)(F)F)CC2)c1. The Bertz CT molecular complexity index is 742. The molecule has 0 bridgehead atoms. The number of anilines is 1. The van der Waals surface area contributed by atoms with E-state index < -0.39 is 15.5 Å². The molecule has 146 valence electrons. The number of benzene rings is 1. The van der Waals surface area contributed by atoms with Gasteiger partial charge in [0.15, 0.2) is 5.96 Å². The van der Waals surface area contributed by atoms with E-state index in [0.717, 1.165) is 17.7 Å². The zero-order valence-electron chi connectivity index (χ0n) is 14.5. The van der Waals surface area contributed by atoms with Gasteiger partial charge in [-0.3, -0.25) is 4.99 Å². The molecule has 0 unspecified atom stereocenters. The van der Waals surface area contributed by atoms with Crippen LogP contribution in [0.25, 0.3) is 0 Å². The molecule has 1 fully saturated rings. The molecule has 2 rings (SSSR count). The number of aryl methyl sites for hydroxylation is 1. The molecule has 3 N–H and O–H groups in total. The van der Waals surface area contributed by atoms with Gasteiger partial charge in [0.1, 0.15) is 0 Å². The number of nitrogens with zero attached hydrogens (tertiary/aromatic N) is 2. The Balaban J connectivity index is 1.86. The summed E-state index contributed by atoms with van der Waals surface area (Å²) in [5, 5.41) is 2.98. The first-order chi connectivity index (χ1) is 12.1. The zero-order valence-corrected chi connectivity index (χ0v) is 15.3. The lowest BCUT2D eigenvalue weighted by Gasteiger charge is -2.30. The van der Waals surface area contributed by atoms with Crippen LogP contribution < -0.4 is 11.1 Å². The molecule has 1 heterocycles. The van der Waals surface area contributed by atoms with Gasteiger partial charge in [-0.1, -0.05) is 19.1 Å². The maximum Gasteiger partial charge on any atom is 0.511 e. The molecule has 6 nitrogen and oxygen atoms in total. The average Bonchev–Trinajstić information content (AvgIpc) is 2.59. The van der Waals surface area contributed by atoms with Crippen LogP contribution in [-0.4, -0.2) is 43.8 Å². The minimum absolute atomic E-state index is 0.00277. The van der Waals surface area contributed by atoms with Crippen molar-refractivity contribution in [3.05, 3.63) is 29.8 Å². The van der Waals surface area contributed by atoms with Gasteiger partial charge >= 0.3 is 15.5 Å². The minimum Gasteiger partial charge on any atom is -0.370 e. The summed E-state index contributed by atoms with van der Waals surface area (Å²) < 4.78 is 60.9. The maximum atomic E-state index is 12.6. The fraction of sp³-hybridized carbons (Fsp3) is 0.562. The number of alkyl halides is 3. The highest BCUT2D eigenvalue weighted by Gasteiger charge is 2.50. The number of halogens is 3. The Morgan fingerprint density at radius 1 is 1.35 bits per heavy atom. The van der Waals surface area contributed by atoms with Gasteiger partial charge in [-0.2, -0.15) is 17.5 Å². The predicted octanol–water partition coefficient (Wildman–Crippen LogP) is 2.54. The number of aliphatic imine (C=N–C) groups is 1. The van der Waals surface area contributed by atoms with Crippen LogP contribution in [0.3, 0.4) is 0 Å². The summed E-state index contributed by atoms with van der Waals surface area (Å²) in [5.41, 5.74) is 2.57. The summed E-state index contributed by atoms with van der Waals surface area (Å²) in [7, 11) is -5.24. The highest BCUT2D eigenvalue weighted by molar-refractivity contribution is 7.90. The van der Waals surface area contributed by atoms with E-state index in [1.807, 2.05) is 31.2 Å². The quantitative estimate of drug-likeness (QED) is 0.595. The van der Waals surface area contributed by atoms with E-state index >= 15 is 0 Å². The van der Waals surface area contributed by atoms with E-state index in [2.05, 4.69) is 10.3 Å². The second-order valence-electron chi connectivity index (χ2n) is 6.20. The van der Waals surface area contributed by atoms with Crippen LogP contribution >= 0.6 is 0 Å². The summed E-state index contributed by atoms with van der Waals surface area (Å²) in [6.45, 7) is 2.07. The van der Waals surface area contributed by atoms with Crippen molar-refractivity contribution < 1.29 is 21.6 Å². The lowest BCUT2D eigenvalue weighted by atomic mass is 9.98. The normalized spacial score (nSPS) is 18.1. The predicted molar refractivity (Wildman–Crippen MR) is 95.2 cm³/mol. The third-order valence-corrected chi connectivity index (χ3v) is 5.96. The van der Waals surface area contributed by atoms with Crippen LogP contribution in [0.15, 0.2) is 29.3 Å². The van der Waals surface area contributed by atoms with E-state index in [4.69, 9.17) is 5.73 Å². The monoisotopic (exact) mass is 392 g/mol. The largest absolute Gasteiger partial charge is 0.511 e. The number of hydrogen-bond acceptors (Lipinski definition) is 3. The number of nitrogens with two attached hydrogens (primary N) is 1. The summed E-state index contributed by atoms with van der Waals surface area (Å²) in [4.78, 5) is 4.23. The molecule has 0 aromatic heterocycles. The maximum absolute atomic E-state index is 12.6. The first-order valence-electron chi connectivity index (χ1n) is 8.35. The van der Waals surface area contributed by atoms with Gasteiger partial charge in [0.05, 0.1) is 0 Å². The molecular weight excluding hydrogens is 369 g/mol. The Morgan fingerprint density at radius 2 is 2.00 bits per heavy atom. The van der Waals surface area contributed by atoms with E-state index in [0.29, 0.717) is 23.7 Å². The van der Waals surface area contributed by atoms with Crippen LogP contribution in [0.1, 0.15) is 25.3 Å². The fourth-order valence-corrected chi connectivity index (χ4v) is 3.75. The summed E-state index contributed by atoms with van der Waals surface area (Å²) in [6.07, 6.45) is 1.53. The average molecular weight is 392 g/mol. The molecule has 0 radical (unpaired) electrons. The third-order valence-electron chi connectivity index (χ3n) is 4.33. The highest BCUT2D eigenvalue weighted by Crippen LogP contribution is 2.30. The van der Waals surface area contributed by atoms with Crippen LogP contribution in [0, 0.1) is 5.92 Å². The van der Waals surface area contributed by atoms with E-state index in [1.165, 1.54) is 0 Å². The van der Waals surface area contributed by atoms with Gasteiger partial charge in [-0.05, 0) is 42.9 Å². The summed E-state index contributed by atoms with van der Waals surface area (Å²) in [6, 6.07) is 7.73. The minimum atomic E-state index is -5.25. The van der Waals surface area contributed by atoms with Crippen molar-refractivity contribution in [2.24, 2.45) is 16.6 Å². The second kappa shape index (κ2) is 8.26. The lowest BCUT2D eigenvalue weighted by Crippen LogP contribution is -2.45. The Kier molecular flexibility index (Phi) is 6.51. The van der Waals surface area contributed by atoms with Crippen molar-refractivity contribution in [3.63, 3.8) is 0 Å². The molecule has 26 heavy (non-hydrogen) atoms. The van der Waals surface area contributed by atoms with Gasteiger partial charge in [-0.25, -0.2) is 8.42 Å². The Hall–Kier alpha value is -1.81. The first kappa shape index (κ1) is 20.5. The number of rotatable bonds is 5. The Labute approximate surface area is 151 Å². The molecule has 0 aliphatic carbocycles. The number of nitrogens with one attached hydrogen (secondary N) is 1. The molecule has 1 saturated heterocycles. The van der Waals surface area contributed by atoms with Crippen LogP contribution in [0.4, 0.5) is 18.9 Å². The molecule has 0 spiro atoms. The van der Waals surface area contributed by atoms with Gasteiger partial charge in [0.2, 0.25) is 0 Å². The molecule has 0 amide bonds. The fourth-order valence-electron chi connectivity index (χ4n) is 2.76. The molecule has 10 heteroatoms. The lowest BCUT2D eigenvalue weighted by molar-refractivity contribution is -0.0496. The van der Waals surface area contributed by atoms with Crippen molar-refractivity contribution in [1.29, 1.82) is 0 Å². The van der Waals surface area contributed by atoms with E-state index in [-0.39, 0.29) is 25.0 Å². The summed E-state index contributed by atoms with van der Waals surface area (Å²) >= 11 is 0. The smallest absolute Gasteiger partial charge is 0.370 e. The molecule has 0 atom stereocenters. The van der Waals surface area contributed by atoms with Gasteiger partial charge in [-0.15, -0.1) is 0 Å². The van der Waals surface area contributed by atoms with Crippen molar-refractivity contribution in [1.82, 2.24) is 4.31 Å². The molecular formula is C16H23F3N4O2S. The molecule has 1 aliphatic rings. The van der Waals surface area contributed by atoms with Crippen molar-refractivity contribution in [3.8, 4) is 0 Å². The first-order valence-corrected chi connectivity index (χ1v) is 9.79. The molecule has 1 aliphatic heterocycles.